The standard InChI is InChI=1S/C13H12N6O/c1-14-12(20)10-4-9(6-16-10)18-13-17-5-8-2-3-15-7-11(8)19-13/h2-7,16H,1H3,(H,14,20)(H,17,18,19). The Bertz CT molecular complexity index is 766. The van der Waals surface area contributed by atoms with Gasteiger partial charge in [0.2, 0.25) is 5.95 Å². The van der Waals surface area contributed by atoms with E-state index >= 15 is 0 Å². The van der Waals surface area contributed by atoms with Gasteiger partial charge in [-0.25, -0.2) is 9.97 Å². The SMILES string of the molecule is CNC(=O)c1cc(Nc2ncc3ccncc3n2)c[nH]1. The molecule has 3 rings (SSSR count). The fraction of sp³-hybridized carbons (Fsp3) is 0.0769. The highest BCUT2D eigenvalue weighted by molar-refractivity contribution is 5.93. The molecule has 0 radical (unpaired) electrons. The van der Waals surface area contributed by atoms with E-state index in [0.717, 1.165) is 10.9 Å². The first-order valence-electron chi connectivity index (χ1n) is 6.00. The molecule has 0 aromatic carbocycles. The Labute approximate surface area is 114 Å². The predicted octanol–water partition coefficient (Wildman–Crippen LogP) is 1.46. The summed E-state index contributed by atoms with van der Waals surface area (Å²) >= 11 is 0. The number of hydrogen-bond acceptors (Lipinski definition) is 5. The number of carbonyl (C=O) groups excluding carboxylic acids is 1. The molecule has 0 saturated heterocycles. The van der Waals surface area contributed by atoms with Crippen molar-refractivity contribution in [2.45, 2.75) is 0 Å². The number of pyridine rings is 1. The highest BCUT2D eigenvalue weighted by Gasteiger charge is 2.07. The zero-order chi connectivity index (χ0) is 13.9. The number of aromatic nitrogens is 4. The van der Waals surface area contributed by atoms with E-state index in [-0.39, 0.29) is 5.91 Å². The Kier molecular flexibility index (Phi) is 3.00. The highest BCUT2D eigenvalue weighted by atomic mass is 16.1. The first kappa shape index (κ1) is 12.1. The fourth-order valence-corrected chi connectivity index (χ4v) is 1.79. The van der Waals surface area contributed by atoms with E-state index in [1.807, 2.05) is 6.07 Å². The number of carbonyl (C=O) groups is 1. The van der Waals surface area contributed by atoms with E-state index in [2.05, 4.69) is 30.6 Å². The van der Waals surface area contributed by atoms with Crippen LogP contribution in [-0.2, 0) is 0 Å². The average Bonchev–Trinajstić information content (AvgIpc) is 2.95. The van der Waals surface area contributed by atoms with Gasteiger partial charge >= 0.3 is 0 Å². The molecule has 7 nitrogen and oxygen atoms in total. The zero-order valence-corrected chi connectivity index (χ0v) is 10.7. The van der Waals surface area contributed by atoms with Crippen molar-refractivity contribution in [3.05, 3.63) is 42.6 Å². The number of nitrogens with zero attached hydrogens (tertiary/aromatic N) is 3. The largest absolute Gasteiger partial charge is 0.355 e. The van der Waals surface area contributed by atoms with Crippen LogP contribution in [-0.4, -0.2) is 32.9 Å². The topological polar surface area (TPSA) is 95.6 Å². The van der Waals surface area contributed by atoms with E-state index in [4.69, 9.17) is 0 Å². The summed E-state index contributed by atoms with van der Waals surface area (Å²) in [6.45, 7) is 0. The Balaban J connectivity index is 1.85. The Hall–Kier alpha value is -2.96. The molecular weight excluding hydrogens is 256 g/mol. The van der Waals surface area contributed by atoms with Crippen molar-refractivity contribution in [1.82, 2.24) is 25.3 Å². The van der Waals surface area contributed by atoms with Crippen LogP contribution in [0, 0.1) is 0 Å². The zero-order valence-electron chi connectivity index (χ0n) is 10.7. The van der Waals surface area contributed by atoms with Crippen molar-refractivity contribution >= 4 is 28.4 Å². The molecular formula is C13H12N6O. The van der Waals surface area contributed by atoms with Gasteiger partial charge in [0, 0.05) is 31.0 Å². The number of amides is 1. The first-order chi connectivity index (χ1) is 9.76. The number of hydrogen-bond donors (Lipinski definition) is 3. The van der Waals surface area contributed by atoms with Crippen molar-refractivity contribution in [3.8, 4) is 0 Å². The first-order valence-corrected chi connectivity index (χ1v) is 6.00. The van der Waals surface area contributed by atoms with Crippen molar-refractivity contribution < 1.29 is 4.79 Å². The lowest BCUT2D eigenvalue weighted by atomic mass is 10.3. The van der Waals surface area contributed by atoms with Gasteiger partial charge in [-0.2, -0.15) is 0 Å². The molecule has 0 atom stereocenters. The molecule has 0 bridgehead atoms. The van der Waals surface area contributed by atoms with Gasteiger partial charge in [0.05, 0.1) is 17.4 Å². The molecule has 0 fully saturated rings. The minimum atomic E-state index is -0.179. The van der Waals surface area contributed by atoms with E-state index in [0.29, 0.717) is 17.3 Å². The van der Waals surface area contributed by atoms with Crippen LogP contribution < -0.4 is 10.6 Å². The Morgan fingerprint density at radius 3 is 3.10 bits per heavy atom. The van der Waals surface area contributed by atoms with Gasteiger partial charge in [0.1, 0.15) is 5.69 Å². The molecule has 100 valence electrons. The van der Waals surface area contributed by atoms with Gasteiger partial charge in [0.25, 0.3) is 5.91 Å². The number of nitrogens with one attached hydrogen (secondary N) is 3. The normalized spacial score (nSPS) is 10.4. The highest BCUT2D eigenvalue weighted by Crippen LogP contribution is 2.16. The molecule has 0 spiro atoms. The van der Waals surface area contributed by atoms with Crippen molar-refractivity contribution in [2.24, 2.45) is 0 Å². The average molecular weight is 268 g/mol. The number of fused-ring (bicyclic) bond motifs is 1. The molecule has 3 aromatic heterocycles. The minimum absolute atomic E-state index is 0.179. The van der Waals surface area contributed by atoms with E-state index < -0.39 is 0 Å². The molecule has 7 heteroatoms. The predicted molar refractivity (Wildman–Crippen MR) is 74.8 cm³/mol. The maximum atomic E-state index is 11.4. The van der Waals surface area contributed by atoms with Crippen LogP contribution in [0.25, 0.3) is 10.9 Å². The Morgan fingerprint density at radius 1 is 1.35 bits per heavy atom. The molecule has 3 heterocycles. The third-order valence-corrected chi connectivity index (χ3v) is 2.80. The second-order valence-electron chi connectivity index (χ2n) is 4.13. The summed E-state index contributed by atoms with van der Waals surface area (Å²) in [5.41, 5.74) is 1.94. The van der Waals surface area contributed by atoms with Gasteiger partial charge in [-0.05, 0) is 12.1 Å². The van der Waals surface area contributed by atoms with E-state index in [1.54, 1.807) is 37.9 Å². The van der Waals surface area contributed by atoms with Crippen LogP contribution in [0.15, 0.2) is 36.9 Å². The van der Waals surface area contributed by atoms with Crippen LogP contribution >= 0.6 is 0 Å². The monoisotopic (exact) mass is 268 g/mol. The molecule has 0 aliphatic rings. The Morgan fingerprint density at radius 2 is 2.25 bits per heavy atom. The number of H-pyrrole nitrogens is 1. The molecule has 0 aliphatic carbocycles. The van der Waals surface area contributed by atoms with Crippen LogP contribution in [0.1, 0.15) is 10.5 Å². The third kappa shape index (κ3) is 2.28. The van der Waals surface area contributed by atoms with Crippen molar-refractivity contribution in [2.75, 3.05) is 12.4 Å². The number of anilines is 2. The lowest BCUT2D eigenvalue weighted by Gasteiger charge is -2.02. The summed E-state index contributed by atoms with van der Waals surface area (Å²) in [7, 11) is 1.58. The van der Waals surface area contributed by atoms with Crippen LogP contribution in [0.3, 0.4) is 0 Å². The summed E-state index contributed by atoms with van der Waals surface area (Å²) < 4.78 is 0. The summed E-state index contributed by atoms with van der Waals surface area (Å²) in [6, 6.07) is 3.54. The quantitative estimate of drug-likeness (QED) is 0.668. The molecule has 0 unspecified atom stereocenters. The molecule has 3 aromatic rings. The number of aromatic amines is 1. The van der Waals surface area contributed by atoms with E-state index in [1.165, 1.54) is 0 Å². The van der Waals surface area contributed by atoms with Gasteiger partial charge < -0.3 is 15.6 Å². The van der Waals surface area contributed by atoms with Crippen LogP contribution in [0.5, 0.6) is 0 Å². The minimum Gasteiger partial charge on any atom is -0.355 e. The van der Waals surface area contributed by atoms with Crippen molar-refractivity contribution in [1.29, 1.82) is 0 Å². The summed E-state index contributed by atoms with van der Waals surface area (Å²) in [5.74, 6) is 0.273. The summed E-state index contributed by atoms with van der Waals surface area (Å²) in [6.07, 6.45) is 6.77. The van der Waals surface area contributed by atoms with Gasteiger partial charge in [-0.3, -0.25) is 9.78 Å². The smallest absolute Gasteiger partial charge is 0.267 e. The van der Waals surface area contributed by atoms with Gasteiger partial charge in [-0.15, -0.1) is 0 Å². The van der Waals surface area contributed by atoms with Gasteiger partial charge in [0.15, 0.2) is 0 Å². The number of rotatable bonds is 3. The molecule has 0 aliphatic heterocycles. The maximum Gasteiger partial charge on any atom is 0.267 e. The van der Waals surface area contributed by atoms with Crippen molar-refractivity contribution in [3.63, 3.8) is 0 Å². The van der Waals surface area contributed by atoms with Crippen LogP contribution in [0.2, 0.25) is 0 Å². The second kappa shape index (κ2) is 4.96. The molecule has 1 amide bonds. The summed E-state index contributed by atoms with van der Waals surface area (Å²) in [5, 5.41) is 6.50. The lowest BCUT2D eigenvalue weighted by molar-refractivity contribution is 0.0959. The van der Waals surface area contributed by atoms with Gasteiger partial charge in [-0.1, -0.05) is 0 Å². The van der Waals surface area contributed by atoms with Crippen LogP contribution in [0.4, 0.5) is 11.6 Å². The maximum absolute atomic E-state index is 11.4. The fourth-order valence-electron chi connectivity index (χ4n) is 1.79. The second-order valence-corrected chi connectivity index (χ2v) is 4.13. The summed E-state index contributed by atoms with van der Waals surface area (Å²) in [4.78, 5) is 26.9. The lowest BCUT2D eigenvalue weighted by Crippen LogP contribution is -2.17. The third-order valence-electron chi connectivity index (χ3n) is 2.80. The molecule has 20 heavy (non-hydrogen) atoms. The van der Waals surface area contributed by atoms with E-state index in [9.17, 15) is 4.79 Å². The molecule has 0 saturated carbocycles. The molecule has 3 N–H and O–H groups in total.